The van der Waals surface area contributed by atoms with Crippen molar-refractivity contribution in [3.63, 3.8) is 0 Å². The number of nitrogens with two attached hydrogens (primary N) is 5. The van der Waals surface area contributed by atoms with Crippen LogP contribution in [0.2, 0.25) is 0 Å². The molecule has 1 aromatic carbocycles. The van der Waals surface area contributed by atoms with Crippen LogP contribution in [0.15, 0.2) is 35.3 Å². The normalized spacial score (nSPS) is 13.6. The van der Waals surface area contributed by atoms with Crippen LogP contribution in [0.5, 0.6) is 0 Å². The van der Waals surface area contributed by atoms with Gasteiger partial charge in [-0.15, -0.1) is 0 Å². The molecule has 0 spiro atoms. The number of nitrogens with one attached hydrogen (secondary N) is 3. The maximum Gasteiger partial charge on any atom is 0.326 e. The Morgan fingerprint density at radius 3 is 1.90 bits per heavy atom. The lowest BCUT2D eigenvalue weighted by Crippen LogP contribution is -2.57. The zero-order valence-electron chi connectivity index (χ0n) is 23.1. The Morgan fingerprint density at radius 1 is 0.780 bits per heavy atom. The minimum Gasteiger partial charge on any atom is -0.480 e. The first kappa shape index (κ1) is 34.8. The van der Waals surface area contributed by atoms with Gasteiger partial charge < -0.3 is 49.7 Å². The maximum atomic E-state index is 13.2. The highest BCUT2D eigenvalue weighted by Crippen LogP contribution is 2.08. The molecule has 0 bridgehead atoms. The summed E-state index contributed by atoms with van der Waals surface area (Å²) in [5, 5.41) is 17.1. The Labute approximate surface area is 239 Å². The standard InChI is InChI=1S/C26H43N9O6/c27-13-5-4-9-18(23(38)35-20(25(40)41)10-6-14-32-26(30)31)34-24(39)19(11-12-21(29)36)33-22(37)17(28)15-16-7-2-1-3-8-16/h1-3,7-8,17-20H,4-6,9-15,27-28H2,(H2,29,36)(H,33,37)(H,34,39)(H,35,38)(H,40,41)(H4,30,31,32). The highest BCUT2D eigenvalue weighted by molar-refractivity contribution is 5.94. The van der Waals surface area contributed by atoms with Gasteiger partial charge in [0.25, 0.3) is 0 Å². The number of guanidine groups is 1. The summed E-state index contributed by atoms with van der Waals surface area (Å²) in [6, 6.07) is 4.43. The first-order valence-electron chi connectivity index (χ1n) is 13.4. The highest BCUT2D eigenvalue weighted by atomic mass is 16.4. The van der Waals surface area contributed by atoms with Gasteiger partial charge in [0, 0.05) is 13.0 Å². The summed E-state index contributed by atoms with van der Waals surface area (Å²) in [4.78, 5) is 66.1. The molecule has 0 radical (unpaired) electrons. The van der Waals surface area contributed by atoms with E-state index in [-0.39, 0.29) is 51.0 Å². The van der Waals surface area contributed by atoms with Crippen LogP contribution in [0.25, 0.3) is 0 Å². The van der Waals surface area contributed by atoms with Gasteiger partial charge in [-0.1, -0.05) is 30.3 Å². The van der Waals surface area contributed by atoms with E-state index in [0.717, 1.165) is 5.56 Å². The third kappa shape index (κ3) is 14.6. The largest absolute Gasteiger partial charge is 0.480 e. The molecule has 1 aromatic rings. The molecule has 0 saturated carbocycles. The van der Waals surface area contributed by atoms with E-state index in [0.29, 0.717) is 19.4 Å². The van der Waals surface area contributed by atoms with Gasteiger partial charge in [0.05, 0.1) is 6.04 Å². The van der Waals surface area contributed by atoms with E-state index in [1.165, 1.54) is 0 Å². The predicted molar refractivity (Wildman–Crippen MR) is 153 cm³/mol. The van der Waals surface area contributed by atoms with Crippen molar-refractivity contribution in [2.24, 2.45) is 33.7 Å². The summed E-state index contributed by atoms with van der Waals surface area (Å²) >= 11 is 0. The second kappa shape index (κ2) is 18.9. The number of aliphatic carboxylic acids is 1. The van der Waals surface area contributed by atoms with E-state index in [4.69, 9.17) is 28.7 Å². The first-order valence-corrected chi connectivity index (χ1v) is 13.4. The molecule has 0 heterocycles. The number of carbonyl (C=O) groups is 5. The fraction of sp³-hybridized carbons (Fsp3) is 0.538. The Bertz CT molecular complexity index is 1030. The molecule has 0 saturated heterocycles. The average Bonchev–Trinajstić information content (AvgIpc) is 2.91. The number of hydrogen-bond acceptors (Lipinski definition) is 8. The molecule has 41 heavy (non-hydrogen) atoms. The van der Waals surface area contributed by atoms with Crippen molar-refractivity contribution in [3.8, 4) is 0 Å². The number of carboxylic acids is 1. The lowest BCUT2D eigenvalue weighted by molar-refractivity contribution is -0.142. The Hall–Kier alpha value is -4.24. The van der Waals surface area contributed by atoms with Crippen LogP contribution in [-0.2, 0) is 30.4 Å². The highest BCUT2D eigenvalue weighted by Gasteiger charge is 2.30. The number of nitrogens with zero attached hydrogens (tertiary/aromatic N) is 1. The van der Waals surface area contributed by atoms with Crippen LogP contribution >= 0.6 is 0 Å². The third-order valence-corrected chi connectivity index (χ3v) is 6.09. The zero-order valence-corrected chi connectivity index (χ0v) is 23.1. The minimum atomic E-state index is -1.27. The second-order valence-electron chi connectivity index (χ2n) is 9.56. The summed E-state index contributed by atoms with van der Waals surface area (Å²) in [5.41, 5.74) is 28.2. The number of unbranched alkanes of at least 4 members (excludes halogenated alkanes) is 1. The van der Waals surface area contributed by atoms with Gasteiger partial charge in [-0.3, -0.25) is 24.2 Å². The number of hydrogen-bond donors (Lipinski definition) is 9. The lowest BCUT2D eigenvalue weighted by atomic mass is 10.0. The van der Waals surface area contributed by atoms with Crippen LogP contribution in [0.4, 0.5) is 0 Å². The van der Waals surface area contributed by atoms with Crippen LogP contribution in [0.3, 0.4) is 0 Å². The molecular formula is C26H43N9O6. The van der Waals surface area contributed by atoms with Gasteiger partial charge in [0.2, 0.25) is 23.6 Å². The number of primary amides is 1. The lowest BCUT2D eigenvalue weighted by Gasteiger charge is -2.25. The van der Waals surface area contributed by atoms with E-state index in [1.807, 2.05) is 6.07 Å². The predicted octanol–water partition coefficient (Wildman–Crippen LogP) is -2.46. The van der Waals surface area contributed by atoms with Crippen molar-refractivity contribution in [2.75, 3.05) is 13.1 Å². The molecule has 0 fully saturated rings. The molecule has 14 N–H and O–H groups in total. The fourth-order valence-electron chi connectivity index (χ4n) is 3.86. The van der Waals surface area contributed by atoms with E-state index in [2.05, 4.69) is 20.9 Å². The number of carbonyl (C=O) groups excluding carboxylic acids is 4. The molecule has 0 aromatic heterocycles. The molecule has 0 aliphatic heterocycles. The van der Waals surface area contributed by atoms with Crippen molar-refractivity contribution in [2.45, 2.75) is 75.5 Å². The monoisotopic (exact) mass is 577 g/mol. The summed E-state index contributed by atoms with van der Waals surface area (Å²) in [7, 11) is 0. The van der Waals surface area contributed by atoms with Crippen molar-refractivity contribution >= 4 is 35.6 Å². The van der Waals surface area contributed by atoms with Gasteiger partial charge in [-0.2, -0.15) is 0 Å². The Kier molecular flexibility index (Phi) is 16.1. The van der Waals surface area contributed by atoms with Crippen LogP contribution in [0, 0.1) is 0 Å². The van der Waals surface area contributed by atoms with E-state index >= 15 is 0 Å². The Balaban J connectivity index is 2.98. The van der Waals surface area contributed by atoms with Crippen molar-refractivity contribution < 1.29 is 29.1 Å². The summed E-state index contributed by atoms with van der Waals surface area (Å²) in [6.07, 6.45) is 1.34. The van der Waals surface area contributed by atoms with Crippen LogP contribution in [0.1, 0.15) is 50.5 Å². The van der Waals surface area contributed by atoms with Gasteiger partial charge in [-0.25, -0.2) is 4.79 Å². The SMILES string of the molecule is NCCCCC(NC(=O)C(CCC(N)=O)NC(=O)C(N)Cc1ccccc1)C(=O)NC(CCCN=C(N)N)C(=O)O. The molecule has 0 aliphatic carbocycles. The minimum absolute atomic E-state index is 0.0396. The maximum absolute atomic E-state index is 13.2. The molecule has 15 heteroatoms. The van der Waals surface area contributed by atoms with Crippen molar-refractivity contribution in [3.05, 3.63) is 35.9 Å². The second-order valence-corrected chi connectivity index (χ2v) is 9.56. The number of benzene rings is 1. The smallest absolute Gasteiger partial charge is 0.326 e. The number of rotatable bonds is 20. The molecule has 4 unspecified atom stereocenters. The summed E-state index contributed by atoms with van der Waals surface area (Å²) in [6.45, 7) is 0.522. The van der Waals surface area contributed by atoms with Crippen LogP contribution in [-0.4, -0.2) is 77.9 Å². The van der Waals surface area contributed by atoms with Gasteiger partial charge in [0.15, 0.2) is 5.96 Å². The molecule has 0 aliphatic rings. The quantitative estimate of drug-likeness (QED) is 0.0447. The number of carboxylic acid groups (broad SMARTS) is 1. The summed E-state index contributed by atoms with van der Waals surface area (Å²) < 4.78 is 0. The number of amides is 4. The van der Waals surface area contributed by atoms with E-state index in [9.17, 15) is 29.1 Å². The van der Waals surface area contributed by atoms with Gasteiger partial charge in [0.1, 0.15) is 18.1 Å². The first-order chi connectivity index (χ1) is 19.4. The fourth-order valence-corrected chi connectivity index (χ4v) is 3.86. The number of aliphatic imine (C=N–C) groups is 1. The van der Waals surface area contributed by atoms with E-state index in [1.54, 1.807) is 24.3 Å². The van der Waals surface area contributed by atoms with Crippen LogP contribution < -0.4 is 44.6 Å². The molecule has 4 amide bonds. The topological polar surface area (TPSA) is 284 Å². The third-order valence-electron chi connectivity index (χ3n) is 6.09. The molecule has 15 nitrogen and oxygen atoms in total. The Morgan fingerprint density at radius 2 is 1.34 bits per heavy atom. The molecule has 228 valence electrons. The molecule has 1 rings (SSSR count). The zero-order chi connectivity index (χ0) is 30.8. The molecular weight excluding hydrogens is 534 g/mol. The van der Waals surface area contributed by atoms with Crippen molar-refractivity contribution in [1.29, 1.82) is 0 Å². The van der Waals surface area contributed by atoms with Gasteiger partial charge in [-0.05, 0) is 57.1 Å². The summed E-state index contributed by atoms with van der Waals surface area (Å²) in [5.74, 6) is -4.21. The van der Waals surface area contributed by atoms with E-state index < -0.39 is 53.8 Å². The molecule has 4 atom stereocenters. The van der Waals surface area contributed by atoms with Gasteiger partial charge >= 0.3 is 5.97 Å². The average molecular weight is 578 g/mol. The van der Waals surface area contributed by atoms with Crippen molar-refractivity contribution in [1.82, 2.24) is 16.0 Å².